The fourth-order valence-electron chi connectivity index (χ4n) is 2.66. The molecule has 0 bridgehead atoms. The van der Waals surface area contributed by atoms with Gasteiger partial charge in [0.15, 0.2) is 6.61 Å². The molecular weight excluding hydrogens is 377 g/mol. The molecule has 1 aliphatic rings. The standard InChI is InChI=1S/C19H17Cl2NO4/c20-15-5-6-17-13(8-15)7-14(10-25-17)19(24)26-11-18(23)22-9-12-3-1-2-4-16(12)21/h1-6,8,14H,7,9-11H2,(H,22,23)/t14-/m1/s1. The topological polar surface area (TPSA) is 64.6 Å². The molecule has 1 aliphatic heterocycles. The Hall–Kier alpha value is -2.24. The predicted molar refractivity (Wildman–Crippen MR) is 98.4 cm³/mol. The van der Waals surface area contributed by atoms with Gasteiger partial charge in [-0.3, -0.25) is 9.59 Å². The van der Waals surface area contributed by atoms with Crippen molar-refractivity contribution in [2.24, 2.45) is 5.92 Å². The van der Waals surface area contributed by atoms with Gasteiger partial charge >= 0.3 is 5.97 Å². The molecule has 2 aromatic rings. The van der Waals surface area contributed by atoms with Crippen LogP contribution in [0.5, 0.6) is 5.75 Å². The van der Waals surface area contributed by atoms with E-state index in [0.29, 0.717) is 16.5 Å². The van der Waals surface area contributed by atoms with Gasteiger partial charge < -0.3 is 14.8 Å². The van der Waals surface area contributed by atoms with Crippen molar-refractivity contribution in [1.82, 2.24) is 5.32 Å². The van der Waals surface area contributed by atoms with Gasteiger partial charge in [-0.25, -0.2) is 0 Å². The molecule has 1 atom stereocenters. The zero-order valence-corrected chi connectivity index (χ0v) is 15.3. The van der Waals surface area contributed by atoms with Crippen molar-refractivity contribution < 1.29 is 19.1 Å². The first-order chi connectivity index (χ1) is 12.5. The van der Waals surface area contributed by atoms with Crippen LogP contribution in [-0.4, -0.2) is 25.1 Å². The van der Waals surface area contributed by atoms with Gasteiger partial charge in [-0.05, 0) is 41.8 Å². The number of hydrogen-bond acceptors (Lipinski definition) is 4. The molecule has 1 N–H and O–H groups in total. The summed E-state index contributed by atoms with van der Waals surface area (Å²) in [6.07, 6.45) is 0.468. The van der Waals surface area contributed by atoms with Gasteiger partial charge in [0.25, 0.3) is 5.91 Å². The molecular formula is C19H17Cl2NO4. The second-order valence-electron chi connectivity index (χ2n) is 5.94. The van der Waals surface area contributed by atoms with Gasteiger partial charge in [0, 0.05) is 16.6 Å². The third kappa shape index (κ3) is 4.68. The third-order valence-corrected chi connectivity index (χ3v) is 4.65. The molecule has 0 aromatic heterocycles. The second kappa shape index (κ2) is 8.43. The first-order valence-corrected chi connectivity index (χ1v) is 8.86. The van der Waals surface area contributed by atoms with E-state index in [9.17, 15) is 9.59 Å². The zero-order chi connectivity index (χ0) is 18.5. The van der Waals surface area contributed by atoms with Crippen LogP contribution in [0.4, 0.5) is 0 Å². The normalized spacial score (nSPS) is 15.5. The van der Waals surface area contributed by atoms with Crippen LogP contribution in [0.1, 0.15) is 11.1 Å². The van der Waals surface area contributed by atoms with E-state index in [-0.39, 0.29) is 19.8 Å². The van der Waals surface area contributed by atoms with Crippen molar-refractivity contribution in [3.63, 3.8) is 0 Å². The fourth-order valence-corrected chi connectivity index (χ4v) is 3.05. The second-order valence-corrected chi connectivity index (χ2v) is 6.78. The molecule has 3 rings (SSSR count). The lowest BCUT2D eigenvalue weighted by Crippen LogP contribution is -2.33. The first-order valence-electron chi connectivity index (χ1n) is 8.11. The van der Waals surface area contributed by atoms with E-state index in [1.54, 1.807) is 24.3 Å². The molecule has 0 saturated carbocycles. The number of ether oxygens (including phenoxy) is 2. The number of fused-ring (bicyclic) bond motifs is 1. The first kappa shape index (κ1) is 18.5. The maximum Gasteiger partial charge on any atom is 0.313 e. The number of halogens is 2. The smallest absolute Gasteiger partial charge is 0.313 e. The molecule has 0 radical (unpaired) electrons. The number of amides is 1. The Morgan fingerprint density at radius 1 is 1.19 bits per heavy atom. The highest BCUT2D eigenvalue weighted by atomic mass is 35.5. The Morgan fingerprint density at radius 3 is 2.81 bits per heavy atom. The van der Waals surface area contributed by atoms with Gasteiger partial charge in [0.1, 0.15) is 12.4 Å². The highest BCUT2D eigenvalue weighted by molar-refractivity contribution is 6.31. The predicted octanol–water partition coefficient (Wildman–Crippen LogP) is 3.40. The lowest BCUT2D eigenvalue weighted by molar-refractivity contribution is -0.153. The summed E-state index contributed by atoms with van der Waals surface area (Å²) in [6, 6.07) is 12.5. The highest BCUT2D eigenvalue weighted by Crippen LogP contribution is 2.30. The molecule has 0 unspecified atom stereocenters. The average molecular weight is 394 g/mol. The number of hydrogen-bond donors (Lipinski definition) is 1. The van der Waals surface area contributed by atoms with E-state index < -0.39 is 17.8 Å². The van der Waals surface area contributed by atoms with Crippen LogP contribution in [-0.2, 0) is 27.3 Å². The molecule has 1 heterocycles. The molecule has 0 aliphatic carbocycles. The molecule has 26 heavy (non-hydrogen) atoms. The highest BCUT2D eigenvalue weighted by Gasteiger charge is 2.27. The molecule has 5 nitrogen and oxygen atoms in total. The molecule has 0 saturated heterocycles. The summed E-state index contributed by atoms with van der Waals surface area (Å²) in [4.78, 5) is 24.1. The van der Waals surface area contributed by atoms with E-state index in [1.165, 1.54) is 0 Å². The molecule has 0 spiro atoms. The summed E-state index contributed by atoms with van der Waals surface area (Å²) in [5.41, 5.74) is 1.65. The van der Waals surface area contributed by atoms with Gasteiger partial charge in [-0.2, -0.15) is 0 Å². The maximum atomic E-state index is 12.2. The van der Waals surface area contributed by atoms with Crippen molar-refractivity contribution in [2.75, 3.05) is 13.2 Å². The number of esters is 1. The van der Waals surface area contributed by atoms with Gasteiger partial charge in [0.05, 0.1) is 5.92 Å². The van der Waals surface area contributed by atoms with E-state index >= 15 is 0 Å². The summed E-state index contributed by atoms with van der Waals surface area (Å²) >= 11 is 12.0. The molecule has 7 heteroatoms. The Kier molecular flexibility index (Phi) is 6.01. The van der Waals surface area contributed by atoms with Crippen LogP contribution in [0, 0.1) is 5.92 Å². The lowest BCUT2D eigenvalue weighted by Gasteiger charge is -2.24. The third-order valence-electron chi connectivity index (χ3n) is 4.04. The van der Waals surface area contributed by atoms with Crippen LogP contribution in [0.15, 0.2) is 42.5 Å². The van der Waals surface area contributed by atoms with Crippen molar-refractivity contribution >= 4 is 35.1 Å². The van der Waals surface area contributed by atoms with Crippen LogP contribution >= 0.6 is 23.2 Å². The summed E-state index contributed by atoms with van der Waals surface area (Å²) in [6.45, 7) is 0.144. The summed E-state index contributed by atoms with van der Waals surface area (Å²) in [5, 5.41) is 3.83. The summed E-state index contributed by atoms with van der Waals surface area (Å²) in [5.74, 6) is -0.602. The molecule has 0 fully saturated rings. The van der Waals surface area contributed by atoms with Gasteiger partial charge in [-0.15, -0.1) is 0 Å². The van der Waals surface area contributed by atoms with Crippen LogP contribution < -0.4 is 10.1 Å². The summed E-state index contributed by atoms with van der Waals surface area (Å²) < 4.78 is 10.7. The minimum Gasteiger partial charge on any atom is -0.492 e. The van der Waals surface area contributed by atoms with Crippen molar-refractivity contribution in [1.29, 1.82) is 0 Å². The van der Waals surface area contributed by atoms with E-state index in [2.05, 4.69) is 5.32 Å². The average Bonchev–Trinajstić information content (AvgIpc) is 2.64. The Morgan fingerprint density at radius 2 is 2.00 bits per heavy atom. The van der Waals surface area contributed by atoms with Crippen molar-refractivity contribution in [3.8, 4) is 5.75 Å². The Bertz CT molecular complexity index is 825. The van der Waals surface area contributed by atoms with Crippen LogP contribution in [0.3, 0.4) is 0 Å². The molecule has 136 valence electrons. The zero-order valence-electron chi connectivity index (χ0n) is 13.8. The Balaban J connectivity index is 1.47. The lowest BCUT2D eigenvalue weighted by atomic mass is 9.97. The fraction of sp³-hybridized carbons (Fsp3) is 0.263. The number of nitrogens with one attached hydrogen (secondary N) is 1. The quantitative estimate of drug-likeness (QED) is 0.790. The summed E-state index contributed by atoms with van der Waals surface area (Å²) in [7, 11) is 0. The van der Waals surface area contributed by atoms with Gasteiger partial charge in [-0.1, -0.05) is 41.4 Å². The number of benzene rings is 2. The monoisotopic (exact) mass is 393 g/mol. The van der Waals surface area contributed by atoms with E-state index in [0.717, 1.165) is 16.9 Å². The number of carbonyl (C=O) groups excluding carboxylic acids is 2. The SMILES string of the molecule is O=C(COC(=O)[C@H]1COc2ccc(Cl)cc2C1)NCc1ccccc1Cl. The van der Waals surface area contributed by atoms with Crippen molar-refractivity contribution in [3.05, 3.63) is 63.6 Å². The maximum absolute atomic E-state index is 12.2. The van der Waals surface area contributed by atoms with Crippen LogP contribution in [0.2, 0.25) is 10.0 Å². The number of rotatable bonds is 5. The minimum absolute atomic E-state index is 0.217. The largest absolute Gasteiger partial charge is 0.492 e. The minimum atomic E-state index is -0.469. The van der Waals surface area contributed by atoms with Crippen LogP contribution in [0.25, 0.3) is 0 Å². The molecule has 2 aromatic carbocycles. The van der Waals surface area contributed by atoms with E-state index in [1.807, 2.05) is 18.2 Å². The van der Waals surface area contributed by atoms with Gasteiger partial charge in [0.2, 0.25) is 0 Å². The van der Waals surface area contributed by atoms with Crippen molar-refractivity contribution in [2.45, 2.75) is 13.0 Å². The van der Waals surface area contributed by atoms with E-state index in [4.69, 9.17) is 32.7 Å². The number of carbonyl (C=O) groups is 2. The molecule has 1 amide bonds. The Labute approximate surface area is 161 Å².